The zero-order valence-electron chi connectivity index (χ0n) is 20.6. The van der Waals surface area contributed by atoms with Crippen molar-refractivity contribution in [2.75, 3.05) is 0 Å². The number of non-ortho nitro benzene ring substituents is 2. The summed E-state index contributed by atoms with van der Waals surface area (Å²) in [5, 5.41) is 59.3. The second-order valence-corrected chi connectivity index (χ2v) is 8.12. The van der Waals surface area contributed by atoms with Crippen molar-refractivity contribution in [3.8, 4) is 11.5 Å². The maximum atomic E-state index is 11.1. The molecule has 12 heteroatoms. The van der Waals surface area contributed by atoms with Crippen molar-refractivity contribution in [3.63, 3.8) is 0 Å². The van der Waals surface area contributed by atoms with E-state index >= 15 is 0 Å². The summed E-state index contributed by atoms with van der Waals surface area (Å²) in [6.07, 6.45) is 2.36. The summed E-state index contributed by atoms with van der Waals surface area (Å²) in [6, 6.07) is 24.9. The van der Waals surface area contributed by atoms with Crippen LogP contribution < -0.4 is 0 Å². The number of aromatic hydroxyl groups is 2. The molecule has 40 heavy (non-hydrogen) atoms. The number of rotatable bonds is 9. The molecule has 0 amide bonds. The third-order valence-corrected chi connectivity index (χ3v) is 5.47. The van der Waals surface area contributed by atoms with Crippen molar-refractivity contribution in [1.82, 2.24) is 0 Å². The molecule has 0 aromatic heterocycles. The second kappa shape index (κ2) is 12.5. The molecule has 198 valence electrons. The van der Waals surface area contributed by atoms with Gasteiger partial charge in [0.1, 0.15) is 22.9 Å². The van der Waals surface area contributed by atoms with Gasteiger partial charge in [-0.15, -0.1) is 10.2 Å². The van der Waals surface area contributed by atoms with Crippen molar-refractivity contribution in [3.05, 3.63) is 140 Å². The third kappa shape index (κ3) is 6.63. The quantitative estimate of drug-likeness (QED) is 0.167. The number of nitro benzene ring substituents is 2. The van der Waals surface area contributed by atoms with E-state index in [1.807, 2.05) is 12.1 Å². The Kier molecular flexibility index (Phi) is 8.42. The maximum Gasteiger partial charge on any atom is 0.270 e. The van der Waals surface area contributed by atoms with E-state index < -0.39 is 9.85 Å². The lowest BCUT2D eigenvalue weighted by atomic mass is 10.00. The van der Waals surface area contributed by atoms with Crippen LogP contribution in [0.25, 0.3) is 0 Å². The highest BCUT2D eigenvalue weighted by atomic mass is 16.6. The van der Waals surface area contributed by atoms with E-state index in [4.69, 9.17) is 0 Å². The predicted octanol–water partition coefficient (Wildman–Crippen LogP) is 5.26. The molecule has 2 N–H and O–H groups in total. The minimum atomic E-state index is -0.591. The molecule has 0 spiro atoms. The highest BCUT2D eigenvalue weighted by Crippen LogP contribution is 2.22. The van der Waals surface area contributed by atoms with Crippen molar-refractivity contribution in [1.29, 1.82) is 0 Å². The van der Waals surface area contributed by atoms with E-state index in [0.29, 0.717) is 11.1 Å². The second-order valence-electron chi connectivity index (χ2n) is 8.12. The van der Waals surface area contributed by atoms with Crippen LogP contribution in [0.1, 0.15) is 22.3 Å². The molecule has 0 unspecified atom stereocenters. The fraction of sp³-hybridized carbons (Fsp3) is 0. The summed E-state index contributed by atoms with van der Waals surface area (Å²) in [5.74, 6) is -0.437. The number of nitrogens with zero attached hydrogens (tertiary/aromatic N) is 6. The van der Waals surface area contributed by atoms with Crippen LogP contribution in [-0.2, 0) is 0 Å². The molecule has 0 atom stereocenters. The van der Waals surface area contributed by atoms with Gasteiger partial charge in [0.05, 0.1) is 22.3 Å². The minimum Gasteiger partial charge on any atom is -0.507 e. The number of phenolic OH excluding ortho intramolecular Hbond substituents is 2. The Morgan fingerprint density at radius 2 is 0.975 bits per heavy atom. The number of nitro groups is 2. The van der Waals surface area contributed by atoms with Gasteiger partial charge < -0.3 is 10.2 Å². The molecule has 0 aliphatic carbocycles. The molecule has 0 fully saturated rings. The van der Waals surface area contributed by atoms with Crippen molar-refractivity contribution >= 4 is 35.2 Å². The van der Waals surface area contributed by atoms with Crippen LogP contribution in [0, 0.1) is 20.2 Å². The molecular weight excluding hydrogens is 516 g/mol. The lowest BCUT2D eigenvalue weighted by molar-refractivity contribution is -0.385. The Hall–Kier alpha value is -6.04. The van der Waals surface area contributed by atoms with Gasteiger partial charge in [-0.1, -0.05) is 60.7 Å². The fourth-order valence-electron chi connectivity index (χ4n) is 3.49. The molecule has 4 aromatic carbocycles. The summed E-state index contributed by atoms with van der Waals surface area (Å²) in [6.45, 7) is 0. The van der Waals surface area contributed by atoms with E-state index in [2.05, 4.69) is 20.4 Å². The first-order valence-electron chi connectivity index (χ1n) is 11.6. The molecule has 4 rings (SSSR count). The van der Waals surface area contributed by atoms with Crippen LogP contribution >= 0.6 is 0 Å². The van der Waals surface area contributed by atoms with E-state index in [-0.39, 0.29) is 45.4 Å². The Labute approximate surface area is 226 Å². The van der Waals surface area contributed by atoms with Gasteiger partial charge in [0, 0.05) is 46.5 Å². The van der Waals surface area contributed by atoms with Gasteiger partial charge in [-0.3, -0.25) is 20.2 Å². The molecule has 0 heterocycles. The lowest BCUT2D eigenvalue weighted by Crippen LogP contribution is -2.17. The van der Waals surface area contributed by atoms with Crippen LogP contribution in [-0.4, -0.2) is 43.9 Å². The largest absolute Gasteiger partial charge is 0.507 e. The highest BCUT2D eigenvalue weighted by molar-refractivity contribution is 6.53. The van der Waals surface area contributed by atoms with Gasteiger partial charge in [0.2, 0.25) is 0 Å². The topological polar surface area (TPSA) is 176 Å². The average molecular weight is 537 g/mol. The van der Waals surface area contributed by atoms with Gasteiger partial charge in [0.25, 0.3) is 11.4 Å². The summed E-state index contributed by atoms with van der Waals surface area (Å²) >= 11 is 0. The fourth-order valence-corrected chi connectivity index (χ4v) is 3.49. The number of hydrogen-bond acceptors (Lipinski definition) is 10. The number of hydrogen-bond donors (Lipinski definition) is 2. The zero-order chi connectivity index (χ0) is 28.5. The van der Waals surface area contributed by atoms with Gasteiger partial charge in [0.15, 0.2) is 0 Å². The summed E-state index contributed by atoms with van der Waals surface area (Å²) < 4.78 is 0. The first-order valence-corrected chi connectivity index (χ1v) is 11.6. The van der Waals surface area contributed by atoms with Gasteiger partial charge in [-0.2, -0.15) is 10.2 Å². The number of phenols is 2. The van der Waals surface area contributed by atoms with E-state index in [1.165, 1.54) is 48.8 Å². The standard InChI is InChI=1S/C28H20N6O6/c35-25-13-11-23(33(37)38)15-21(25)17-29-31-27(19-7-3-1-4-8-19)28(20-9-5-2-6-10-20)32-30-18-22-16-24(34(39)40)12-14-26(22)36/h1-18,35-36H/b29-17-,30-18-,31-27+,32-28+. The van der Waals surface area contributed by atoms with E-state index in [9.17, 15) is 30.4 Å². The van der Waals surface area contributed by atoms with Crippen LogP contribution in [0.15, 0.2) is 117 Å². The summed E-state index contributed by atoms with van der Waals surface area (Å²) in [7, 11) is 0. The van der Waals surface area contributed by atoms with Crippen molar-refractivity contribution in [2.24, 2.45) is 20.4 Å². The van der Waals surface area contributed by atoms with Gasteiger partial charge >= 0.3 is 0 Å². The Bertz CT molecular complexity index is 1540. The zero-order valence-corrected chi connectivity index (χ0v) is 20.6. The summed E-state index contributed by atoms with van der Waals surface area (Å²) in [5.41, 5.74) is 1.48. The predicted molar refractivity (Wildman–Crippen MR) is 151 cm³/mol. The van der Waals surface area contributed by atoms with Crippen LogP contribution in [0.4, 0.5) is 11.4 Å². The Morgan fingerprint density at radius 3 is 1.32 bits per heavy atom. The lowest BCUT2D eigenvalue weighted by Gasteiger charge is -2.08. The first kappa shape index (κ1) is 27.0. The molecule has 0 saturated heterocycles. The number of benzene rings is 4. The summed E-state index contributed by atoms with van der Waals surface area (Å²) in [4.78, 5) is 21.1. The molecule has 0 radical (unpaired) electrons. The Morgan fingerprint density at radius 1 is 0.600 bits per heavy atom. The molecule has 4 aromatic rings. The SMILES string of the molecule is O=[N+]([O-])c1ccc(O)c(\C=N/N=C(/C(=N/N=C\c2cc([N+](=O)[O-])ccc2O)c2ccccc2)c2ccccc2)c1. The van der Waals surface area contributed by atoms with E-state index in [1.54, 1.807) is 48.5 Å². The monoisotopic (exact) mass is 536 g/mol. The normalized spacial score (nSPS) is 12.2. The van der Waals surface area contributed by atoms with Crippen LogP contribution in [0.3, 0.4) is 0 Å². The molecule has 0 aliphatic rings. The molecule has 0 saturated carbocycles. The molecule has 0 aliphatic heterocycles. The van der Waals surface area contributed by atoms with E-state index in [0.717, 1.165) is 0 Å². The molecular formula is C28H20N6O6. The van der Waals surface area contributed by atoms with Crippen LogP contribution in [0.5, 0.6) is 11.5 Å². The van der Waals surface area contributed by atoms with Gasteiger partial charge in [-0.25, -0.2) is 0 Å². The first-order chi connectivity index (χ1) is 19.3. The minimum absolute atomic E-state index is 0.0859. The smallest absolute Gasteiger partial charge is 0.270 e. The third-order valence-electron chi connectivity index (χ3n) is 5.47. The van der Waals surface area contributed by atoms with Crippen molar-refractivity contribution < 1.29 is 20.1 Å². The molecule has 0 bridgehead atoms. The molecule has 12 nitrogen and oxygen atoms in total. The van der Waals surface area contributed by atoms with Crippen molar-refractivity contribution in [2.45, 2.75) is 0 Å². The van der Waals surface area contributed by atoms with Gasteiger partial charge in [-0.05, 0) is 12.1 Å². The Balaban J connectivity index is 1.81. The maximum absolute atomic E-state index is 11.1. The van der Waals surface area contributed by atoms with Crippen LogP contribution in [0.2, 0.25) is 0 Å². The highest BCUT2D eigenvalue weighted by Gasteiger charge is 2.16. The average Bonchev–Trinajstić information content (AvgIpc) is 2.96.